The fourth-order valence-corrected chi connectivity index (χ4v) is 1.22. The number of hydrogen-bond acceptors (Lipinski definition) is 4. The molecule has 0 bridgehead atoms. The van der Waals surface area contributed by atoms with E-state index in [2.05, 4.69) is 20.9 Å². The molecular weight excluding hydrogens is 194 g/mol. The second-order valence-corrected chi connectivity index (χ2v) is 3.34. The summed E-state index contributed by atoms with van der Waals surface area (Å²) in [6, 6.07) is 0. The molecule has 0 fully saturated rings. The Morgan fingerprint density at radius 1 is 1.60 bits per heavy atom. The molecule has 1 amide bonds. The van der Waals surface area contributed by atoms with Crippen LogP contribution >= 0.6 is 0 Å². The molecule has 15 heavy (non-hydrogen) atoms. The van der Waals surface area contributed by atoms with Gasteiger partial charge in [0.2, 0.25) is 5.91 Å². The number of carbonyl (C=O) groups excluding carboxylic acids is 1. The van der Waals surface area contributed by atoms with Crippen LogP contribution in [0, 0.1) is 0 Å². The molecule has 0 saturated heterocycles. The Morgan fingerprint density at radius 3 is 3.07 bits per heavy atom. The molecule has 0 radical (unpaired) electrons. The summed E-state index contributed by atoms with van der Waals surface area (Å²) in [5.41, 5.74) is 0.928. The largest absolute Gasteiger partial charge is 0.356 e. The Labute approximate surface area is 89.0 Å². The van der Waals surface area contributed by atoms with Crippen molar-refractivity contribution in [2.24, 2.45) is 0 Å². The predicted octanol–water partition coefficient (Wildman–Crippen LogP) is -0.476. The van der Waals surface area contributed by atoms with Gasteiger partial charge in [-0.3, -0.25) is 9.48 Å². The second-order valence-electron chi connectivity index (χ2n) is 3.34. The second kappa shape index (κ2) is 6.13. The van der Waals surface area contributed by atoms with Gasteiger partial charge < -0.3 is 10.6 Å². The van der Waals surface area contributed by atoms with Gasteiger partial charge >= 0.3 is 0 Å². The Hall–Kier alpha value is -1.43. The van der Waals surface area contributed by atoms with Crippen LogP contribution in [0.4, 0.5) is 0 Å². The highest BCUT2D eigenvalue weighted by Crippen LogP contribution is 1.93. The standard InChI is InChI=1S/C9H17N5O/c1-8(15)11-4-3-5-14-7-9(6-10-2)12-13-14/h7,10H,3-6H2,1-2H3,(H,11,15). The van der Waals surface area contributed by atoms with Gasteiger partial charge in [0, 0.05) is 32.8 Å². The highest BCUT2D eigenvalue weighted by Gasteiger charge is 1.99. The summed E-state index contributed by atoms with van der Waals surface area (Å²) < 4.78 is 1.79. The first-order chi connectivity index (χ1) is 7.22. The van der Waals surface area contributed by atoms with Crippen molar-refractivity contribution in [2.75, 3.05) is 13.6 Å². The van der Waals surface area contributed by atoms with Crippen LogP contribution in [0.15, 0.2) is 6.20 Å². The number of aromatic nitrogens is 3. The third-order valence-corrected chi connectivity index (χ3v) is 1.88. The van der Waals surface area contributed by atoms with Gasteiger partial charge in [0.15, 0.2) is 0 Å². The zero-order valence-corrected chi connectivity index (χ0v) is 9.16. The summed E-state index contributed by atoms with van der Waals surface area (Å²) >= 11 is 0. The summed E-state index contributed by atoms with van der Waals surface area (Å²) in [4.78, 5) is 10.6. The van der Waals surface area contributed by atoms with Gasteiger partial charge in [-0.15, -0.1) is 5.10 Å². The van der Waals surface area contributed by atoms with Crippen LogP contribution in [0.5, 0.6) is 0 Å². The molecule has 0 saturated carbocycles. The molecule has 0 spiro atoms. The summed E-state index contributed by atoms with van der Waals surface area (Å²) in [5, 5.41) is 13.7. The minimum absolute atomic E-state index is 0.00413. The first-order valence-electron chi connectivity index (χ1n) is 5.00. The van der Waals surface area contributed by atoms with E-state index in [1.165, 1.54) is 6.92 Å². The van der Waals surface area contributed by atoms with Crippen LogP contribution in [0.3, 0.4) is 0 Å². The first kappa shape index (κ1) is 11.6. The molecule has 1 heterocycles. The van der Waals surface area contributed by atoms with Crippen LogP contribution in [-0.2, 0) is 17.9 Å². The molecule has 1 aromatic rings. The van der Waals surface area contributed by atoms with Crippen molar-refractivity contribution < 1.29 is 4.79 Å². The van der Waals surface area contributed by atoms with E-state index in [0.717, 1.165) is 25.2 Å². The summed E-state index contributed by atoms with van der Waals surface area (Å²) in [7, 11) is 1.87. The smallest absolute Gasteiger partial charge is 0.216 e. The van der Waals surface area contributed by atoms with Crippen LogP contribution in [-0.4, -0.2) is 34.5 Å². The number of carbonyl (C=O) groups is 1. The maximum atomic E-state index is 10.6. The summed E-state index contributed by atoms with van der Waals surface area (Å²) in [6.07, 6.45) is 2.77. The van der Waals surface area contributed by atoms with Gasteiger partial charge in [0.1, 0.15) is 0 Å². The monoisotopic (exact) mass is 211 g/mol. The van der Waals surface area contributed by atoms with Crippen LogP contribution in [0.1, 0.15) is 19.0 Å². The van der Waals surface area contributed by atoms with Crippen LogP contribution in [0.2, 0.25) is 0 Å². The van der Waals surface area contributed by atoms with E-state index in [-0.39, 0.29) is 5.91 Å². The molecule has 0 aromatic carbocycles. The Morgan fingerprint density at radius 2 is 2.40 bits per heavy atom. The van der Waals surface area contributed by atoms with Gasteiger partial charge in [-0.25, -0.2) is 0 Å². The molecular formula is C9H17N5O. The maximum Gasteiger partial charge on any atom is 0.216 e. The molecule has 0 aliphatic carbocycles. The Bertz CT molecular complexity index is 309. The lowest BCUT2D eigenvalue weighted by Gasteiger charge is -2.01. The average Bonchev–Trinajstić information content (AvgIpc) is 2.61. The number of amides is 1. The Balaban J connectivity index is 2.22. The lowest BCUT2D eigenvalue weighted by Crippen LogP contribution is -2.22. The third kappa shape index (κ3) is 4.55. The highest BCUT2D eigenvalue weighted by atomic mass is 16.1. The normalized spacial score (nSPS) is 10.3. The third-order valence-electron chi connectivity index (χ3n) is 1.88. The number of hydrogen-bond donors (Lipinski definition) is 2. The van der Waals surface area contributed by atoms with E-state index in [0.29, 0.717) is 6.54 Å². The van der Waals surface area contributed by atoms with Crippen LogP contribution in [0.25, 0.3) is 0 Å². The van der Waals surface area contributed by atoms with E-state index in [4.69, 9.17) is 0 Å². The molecule has 2 N–H and O–H groups in total. The van der Waals surface area contributed by atoms with Gasteiger partial charge in [0.05, 0.1) is 5.69 Å². The van der Waals surface area contributed by atoms with Crippen molar-refractivity contribution in [1.29, 1.82) is 0 Å². The molecule has 6 heteroatoms. The van der Waals surface area contributed by atoms with Crippen molar-refractivity contribution in [3.8, 4) is 0 Å². The predicted molar refractivity (Wildman–Crippen MR) is 56.1 cm³/mol. The molecule has 1 rings (SSSR count). The number of nitrogens with zero attached hydrogens (tertiary/aromatic N) is 3. The quantitative estimate of drug-likeness (QED) is 0.624. The van der Waals surface area contributed by atoms with Crippen molar-refractivity contribution in [1.82, 2.24) is 25.6 Å². The SMILES string of the molecule is CNCc1cn(CCCNC(C)=O)nn1. The van der Waals surface area contributed by atoms with Crippen molar-refractivity contribution in [3.05, 3.63) is 11.9 Å². The molecule has 0 unspecified atom stereocenters. The van der Waals surface area contributed by atoms with Gasteiger partial charge in [-0.05, 0) is 13.5 Å². The maximum absolute atomic E-state index is 10.6. The lowest BCUT2D eigenvalue weighted by molar-refractivity contribution is -0.118. The van der Waals surface area contributed by atoms with E-state index in [1.807, 2.05) is 13.2 Å². The number of rotatable bonds is 6. The van der Waals surface area contributed by atoms with E-state index >= 15 is 0 Å². The van der Waals surface area contributed by atoms with E-state index in [9.17, 15) is 4.79 Å². The first-order valence-corrected chi connectivity index (χ1v) is 5.00. The fraction of sp³-hybridized carbons (Fsp3) is 0.667. The number of aryl methyl sites for hydroxylation is 1. The van der Waals surface area contributed by atoms with Crippen molar-refractivity contribution >= 4 is 5.91 Å². The zero-order valence-electron chi connectivity index (χ0n) is 9.16. The van der Waals surface area contributed by atoms with E-state index < -0.39 is 0 Å². The van der Waals surface area contributed by atoms with Crippen molar-refractivity contribution in [3.63, 3.8) is 0 Å². The molecule has 6 nitrogen and oxygen atoms in total. The minimum atomic E-state index is 0.00413. The minimum Gasteiger partial charge on any atom is -0.356 e. The summed E-state index contributed by atoms with van der Waals surface area (Å²) in [6.45, 7) is 3.69. The molecule has 84 valence electrons. The molecule has 0 aliphatic heterocycles. The lowest BCUT2D eigenvalue weighted by atomic mass is 10.4. The van der Waals surface area contributed by atoms with Gasteiger partial charge in [-0.1, -0.05) is 5.21 Å². The molecule has 0 aliphatic rings. The van der Waals surface area contributed by atoms with Gasteiger partial charge in [-0.2, -0.15) is 0 Å². The molecule has 0 atom stereocenters. The summed E-state index contributed by atoms with van der Waals surface area (Å²) in [5.74, 6) is 0.00413. The van der Waals surface area contributed by atoms with Gasteiger partial charge in [0.25, 0.3) is 0 Å². The fourth-order valence-electron chi connectivity index (χ4n) is 1.22. The van der Waals surface area contributed by atoms with Crippen LogP contribution < -0.4 is 10.6 Å². The molecule has 1 aromatic heterocycles. The van der Waals surface area contributed by atoms with E-state index in [1.54, 1.807) is 4.68 Å². The topological polar surface area (TPSA) is 71.8 Å². The van der Waals surface area contributed by atoms with Crippen molar-refractivity contribution in [2.45, 2.75) is 26.4 Å². The average molecular weight is 211 g/mol. The highest BCUT2D eigenvalue weighted by molar-refractivity contribution is 5.72. The Kier molecular flexibility index (Phi) is 4.76. The number of nitrogens with one attached hydrogen (secondary N) is 2. The zero-order chi connectivity index (χ0) is 11.1.